The predicted molar refractivity (Wildman–Crippen MR) is 76.9 cm³/mol. The molecular formula is C16H21NO2. The number of hydrogen-bond acceptors (Lipinski definition) is 2. The van der Waals surface area contributed by atoms with Gasteiger partial charge in [0.25, 0.3) is 5.91 Å². The number of rotatable bonds is 5. The van der Waals surface area contributed by atoms with Crippen LogP contribution in [0.3, 0.4) is 0 Å². The average molecular weight is 259 g/mol. The van der Waals surface area contributed by atoms with Crippen molar-refractivity contribution in [2.75, 3.05) is 19.7 Å². The Morgan fingerprint density at radius 2 is 2.05 bits per heavy atom. The Hall–Kier alpha value is -1.79. The van der Waals surface area contributed by atoms with Gasteiger partial charge in [0.05, 0.1) is 12.2 Å². The van der Waals surface area contributed by atoms with Crippen LogP contribution in [0, 0.1) is 11.8 Å². The third-order valence-electron chi connectivity index (χ3n) is 2.78. The molecule has 0 unspecified atom stereocenters. The molecule has 0 spiro atoms. The first-order valence-corrected chi connectivity index (χ1v) is 6.72. The van der Waals surface area contributed by atoms with Gasteiger partial charge in [-0.3, -0.25) is 4.79 Å². The van der Waals surface area contributed by atoms with E-state index in [1.807, 2.05) is 36.1 Å². The lowest BCUT2D eigenvalue weighted by atomic mass is 10.1. The van der Waals surface area contributed by atoms with Gasteiger partial charge in [-0.15, -0.1) is 0 Å². The minimum Gasteiger partial charge on any atom is -0.395 e. The summed E-state index contributed by atoms with van der Waals surface area (Å²) >= 11 is 0. The van der Waals surface area contributed by atoms with Crippen molar-refractivity contribution in [3.05, 3.63) is 35.4 Å². The van der Waals surface area contributed by atoms with Crippen molar-refractivity contribution in [2.24, 2.45) is 0 Å². The summed E-state index contributed by atoms with van der Waals surface area (Å²) in [6.45, 7) is 5.54. The molecule has 1 aromatic carbocycles. The topological polar surface area (TPSA) is 40.5 Å². The second-order valence-corrected chi connectivity index (χ2v) is 4.21. The molecule has 0 aliphatic heterocycles. The Balaban J connectivity index is 2.99. The lowest BCUT2D eigenvalue weighted by molar-refractivity contribution is 0.0764. The molecule has 0 bridgehead atoms. The fourth-order valence-corrected chi connectivity index (χ4v) is 1.84. The fraction of sp³-hybridized carbons (Fsp3) is 0.438. The summed E-state index contributed by atoms with van der Waals surface area (Å²) in [6, 6.07) is 7.38. The molecule has 1 amide bonds. The fourth-order valence-electron chi connectivity index (χ4n) is 1.84. The molecule has 0 aliphatic rings. The molecule has 0 aromatic heterocycles. The van der Waals surface area contributed by atoms with E-state index in [0.29, 0.717) is 18.5 Å². The molecule has 1 rings (SSSR count). The monoisotopic (exact) mass is 259 g/mol. The lowest BCUT2D eigenvalue weighted by Crippen LogP contribution is -2.32. The molecule has 3 heteroatoms. The molecule has 19 heavy (non-hydrogen) atoms. The number of benzene rings is 1. The van der Waals surface area contributed by atoms with Crippen LogP contribution in [0.15, 0.2) is 24.3 Å². The zero-order valence-corrected chi connectivity index (χ0v) is 11.6. The second-order valence-electron chi connectivity index (χ2n) is 4.21. The third-order valence-corrected chi connectivity index (χ3v) is 2.78. The van der Waals surface area contributed by atoms with Gasteiger partial charge in [-0.05, 0) is 25.5 Å². The standard InChI is InChI=1S/C16H21NO2/c1-3-12-17(4-2)16(19)15-11-6-5-9-14(15)10-7-8-13-18/h5-6,9,11,18H,3-4,8,12-13H2,1-2H3. The zero-order valence-electron chi connectivity index (χ0n) is 11.6. The van der Waals surface area contributed by atoms with Gasteiger partial charge in [-0.2, -0.15) is 0 Å². The Morgan fingerprint density at radius 3 is 2.68 bits per heavy atom. The molecule has 0 atom stereocenters. The number of amides is 1. The molecule has 0 fully saturated rings. The zero-order chi connectivity index (χ0) is 14.1. The van der Waals surface area contributed by atoms with Gasteiger partial charge >= 0.3 is 0 Å². The van der Waals surface area contributed by atoms with E-state index < -0.39 is 0 Å². The maximum absolute atomic E-state index is 12.4. The maximum atomic E-state index is 12.4. The highest BCUT2D eigenvalue weighted by molar-refractivity contribution is 5.96. The maximum Gasteiger partial charge on any atom is 0.255 e. The molecule has 0 heterocycles. The van der Waals surface area contributed by atoms with Crippen molar-refractivity contribution in [3.63, 3.8) is 0 Å². The summed E-state index contributed by atoms with van der Waals surface area (Å²) in [6.07, 6.45) is 1.37. The van der Waals surface area contributed by atoms with Crippen LogP contribution < -0.4 is 0 Å². The Labute approximate surface area is 115 Å². The van der Waals surface area contributed by atoms with E-state index in [2.05, 4.69) is 18.8 Å². The molecular weight excluding hydrogens is 238 g/mol. The van der Waals surface area contributed by atoms with Crippen LogP contribution in [-0.4, -0.2) is 35.6 Å². The van der Waals surface area contributed by atoms with Crippen molar-refractivity contribution in [1.82, 2.24) is 4.90 Å². The van der Waals surface area contributed by atoms with Crippen LogP contribution >= 0.6 is 0 Å². The normalized spacial score (nSPS) is 9.63. The van der Waals surface area contributed by atoms with E-state index >= 15 is 0 Å². The Kier molecular flexibility index (Phi) is 6.70. The SMILES string of the molecule is CCCN(CC)C(=O)c1ccccc1C#CCCO. The van der Waals surface area contributed by atoms with Crippen molar-refractivity contribution in [3.8, 4) is 11.8 Å². The van der Waals surface area contributed by atoms with Gasteiger partial charge in [-0.1, -0.05) is 30.9 Å². The molecule has 0 aliphatic carbocycles. The molecule has 1 N–H and O–H groups in total. The number of carbonyl (C=O) groups excluding carboxylic acids is 1. The van der Waals surface area contributed by atoms with Crippen LogP contribution in [0.5, 0.6) is 0 Å². The Morgan fingerprint density at radius 1 is 1.32 bits per heavy atom. The highest BCUT2D eigenvalue weighted by Gasteiger charge is 2.15. The van der Waals surface area contributed by atoms with Crippen LogP contribution in [0.1, 0.15) is 42.6 Å². The van der Waals surface area contributed by atoms with Gasteiger partial charge in [0.1, 0.15) is 0 Å². The van der Waals surface area contributed by atoms with Crippen molar-refractivity contribution >= 4 is 5.91 Å². The van der Waals surface area contributed by atoms with E-state index in [1.165, 1.54) is 0 Å². The number of carbonyl (C=O) groups is 1. The molecule has 0 saturated carbocycles. The minimum absolute atomic E-state index is 0.0262. The number of hydrogen-bond donors (Lipinski definition) is 1. The summed E-state index contributed by atoms with van der Waals surface area (Å²) in [4.78, 5) is 14.3. The molecule has 3 nitrogen and oxygen atoms in total. The van der Waals surface area contributed by atoms with Crippen LogP contribution in [-0.2, 0) is 0 Å². The average Bonchev–Trinajstić information content (AvgIpc) is 2.45. The predicted octanol–water partition coefficient (Wildman–Crippen LogP) is 2.29. The van der Waals surface area contributed by atoms with E-state index in [1.54, 1.807) is 0 Å². The highest BCUT2D eigenvalue weighted by Crippen LogP contribution is 2.11. The lowest BCUT2D eigenvalue weighted by Gasteiger charge is -2.20. The first-order chi connectivity index (χ1) is 9.24. The first kappa shape index (κ1) is 15.3. The summed E-state index contributed by atoms with van der Waals surface area (Å²) in [7, 11) is 0. The van der Waals surface area contributed by atoms with Gasteiger partial charge in [0.2, 0.25) is 0 Å². The van der Waals surface area contributed by atoms with Gasteiger partial charge in [0.15, 0.2) is 0 Å². The summed E-state index contributed by atoms with van der Waals surface area (Å²) in [5.41, 5.74) is 1.37. The van der Waals surface area contributed by atoms with E-state index in [-0.39, 0.29) is 12.5 Å². The first-order valence-electron chi connectivity index (χ1n) is 6.72. The van der Waals surface area contributed by atoms with E-state index in [4.69, 9.17) is 5.11 Å². The second kappa shape index (κ2) is 8.34. The van der Waals surface area contributed by atoms with Gasteiger partial charge < -0.3 is 10.0 Å². The van der Waals surface area contributed by atoms with Crippen molar-refractivity contribution in [2.45, 2.75) is 26.7 Å². The van der Waals surface area contributed by atoms with Crippen LogP contribution in [0.4, 0.5) is 0 Å². The number of aliphatic hydroxyl groups excluding tert-OH is 1. The van der Waals surface area contributed by atoms with Crippen molar-refractivity contribution in [1.29, 1.82) is 0 Å². The molecule has 1 aromatic rings. The van der Waals surface area contributed by atoms with E-state index in [0.717, 1.165) is 18.5 Å². The molecule has 102 valence electrons. The summed E-state index contributed by atoms with van der Waals surface area (Å²) < 4.78 is 0. The smallest absolute Gasteiger partial charge is 0.255 e. The highest BCUT2D eigenvalue weighted by atomic mass is 16.2. The molecule has 0 radical (unpaired) electrons. The van der Waals surface area contributed by atoms with E-state index in [9.17, 15) is 4.79 Å². The van der Waals surface area contributed by atoms with Crippen LogP contribution in [0.25, 0.3) is 0 Å². The largest absolute Gasteiger partial charge is 0.395 e. The summed E-state index contributed by atoms with van der Waals surface area (Å²) in [5.74, 6) is 5.85. The van der Waals surface area contributed by atoms with Crippen molar-refractivity contribution < 1.29 is 9.90 Å². The van der Waals surface area contributed by atoms with Gasteiger partial charge in [-0.25, -0.2) is 0 Å². The number of aliphatic hydroxyl groups is 1. The minimum atomic E-state index is 0.0262. The van der Waals surface area contributed by atoms with Crippen LogP contribution in [0.2, 0.25) is 0 Å². The summed E-state index contributed by atoms with van der Waals surface area (Å²) in [5, 5.41) is 8.74. The Bertz CT molecular complexity index is 471. The quantitative estimate of drug-likeness (QED) is 0.824. The van der Waals surface area contributed by atoms with Gasteiger partial charge in [0, 0.05) is 25.1 Å². The molecule has 0 saturated heterocycles. The number of nitrogens with zero attached hydrogens (tertiary/aromatic N) is 1. The third kappa shape index (κ3) is 4.42.